The maximum Gasteiger partial charge on any atom is 0.237 e. The van der Waals surface area contributed by atoms with Crippen LogP contribution in [0.5, 0.6) is 0 Å². The van der Waals surface area contributed by atoms with Gasteiger partial charge in [-0.25, -0.2) is 0 Å². The Kier molecular flexibility index (Phi) is 6.11. The molecule has 1 atom stereocenters. The van der Waals surface area contributed by atoms with E-state index in [0.29, 0.717) is 28.8 Å². The molecule has 18 heavy (non-hydrogen) atoms. The van der Waals surface area contributed by atoms with Gasteiger partial charge in [0.05, 0.1) is 17.3 Å². The molecule has 1 amide bonds. The predicted octanol–water partition coefficient (Wildman–Crippen LogP) is 1.26. The van der Waals surface area contributed by atoms with Crippen molar-refractivity contribution in [3.8, 4) is 0 Å². The molecule has 0 spiro atoms. The number of anilines is 2. The monoisotopic (exact) mass is 290 g/mol. The number of hydrogen-bond donors (Lipinski definition) is 2. The summed E-state index contributed by atoms with van der Waals surface area (Å²) < 4.78 is 16.3. The van der Waals surface area contributed by atoms with Crippen LogP contribution in [0.4, 0.5) is 11.4 Å². The van der Waals surface area contributed by atoms with Gasteiger partial charge >= 0.3 is 0 Å². The second kappa shape index (κ2) is 7.35. The summed E-state index contributed by atoms with van der Waals surface area (Å²) in [5.41, 5.74) is 6.50. The fraction of sp³-hybridized carbons (Fsp3) is 0.364. The summed E-state index contributed by atoms with van der Waals surface area (Å²) in [7, 11) is 0.271. The third-order valence-electron chi connectivity index (χ3n) is 2.07. The molecule has 0 aliphatic carbocycles. The van der Waals surface area contributed by atoms with Crippen LogP contribution in [0, 0.1) is 0 Å². The SMILES string of the molecule is COCCS(=O)CC(=O)Nc1cc(N)ccc1Cl. The number of methoxy groups -OCH3 is 1. The first-order chi connectivity index (χ1) is 8.52. The first-order valence-electron chi connectivity index (χ1n) is 5.21. The smallest absolute Gasteiger partial charge is 0.237 e. The van der Waals surface area contributed by atoms with E-state index in [4.69, 9.17) is 22.1 Å². The number of halogens is 1. The second-order valence-corrected chi connectivity index (χ2v) is 5.55. The quantitative estimate of drug-likeness (QED) is 0.773. The molecule has 0 radical (unpaired) electrons. The van der Waals surface area contributed by atoms with Crippen molar-refractivity contribution < 1.29 is 13.7 Å². The molecule has 5 nitrogen and oxygen atoms in total. The van der Waals surface area contributed by atoms with Crippen molar-refractivity contribution in [1.82, 2.24) is 0 Å². The van der Waals surface area contributed by atoms with Gasteiger partial charge in [-0.05, 0) is 18.2 Å². The maximum atomic E-state index is 11.6. The molecule has 0 aliphatic rings. The molecule has 0 fully saturated rings. The Morgan fingerprint density at radius 1 is 1.56 bits per heavy atom. The number of hydrogen-bond acceptors (Lipinski definition) is 4. The summed E-state index contributed by atoms with van der Waals surface area (Å²) in [6, 6.07) is 4.78. The van der Waals surface area contributed by atoms with Gasteiger partial charge in [0.15, 0.2) is 0 Å². The van der Waals surface area contributed by atoms with Crippen molar-refractivity contribution >= 4 is 39.7 Å². The summed E-state index contributed by atoms with van der Waals surface area (Å²) in [5, 5.41) is 2.96. The van der Waals surface area contributed by atoms with E-state index in [2.05, 4.69) is 5.32 Å². The first kappa shape index (κ1) is 14.9. The van der Waals surface area contributed by atoms with Gasteiger partial charge in [-0.1, -0.05) is 11.6 Å². The van der Waals surface area contributed by atoms with Crippen molar-refractivity contribution in [3.63, 3.8) is 0 Å². The molecule has 3 N–H and O–H groups in total. The number of carbonyl (C=O) groups excluding carboxylic acids is 1. The molecule has 1 rings (SSSR count). The van der Waals surface area contributed by atoms with Crippen molar-refractivity contribution in [2.24, 2.45) is 0 Å². The maximum absolute atomic E-state index is 11.6. The number of carbonyl (C=O) groups is 1. The average molecular weight is 291 g/mol. The standard InChI is InChI=1S/C11H15ClN2O3S/c1-17-4-5-18(16)7-11(15)14-10-6-8(13)2-3-9(10)12/h2-3,6H,4-5,7,13H2,1H3,(H,14,15). The van der Waals surface area contributed by atoms with Crippen LogP contribution in [-0.4, -0.2) is 35.3 Å². The van der Waals surface area contributed by atoms with Crippen LogP contribution in [-0.2, 0) is 20.3 Å². The van der Waals surface area contributed by atoms with E-state index in [0.717, 1.165) is 0 Å². The minimum Gasteiger partial charge on any atom is -0.399 e. The highest BCUT2D eigenvalue weighted by atomic mass is 35.5. The first-order valence-corrected chi connectivity index (χ1v) is 7.08. The van der Waals surface area contributed by atoms with E-state index < -0.39 is 10.8 Å². The highest BCUT2D eigenvalue weighted by Gasteiger charge is 2.10. The van der Waals surface area contributed by atoms with E-state index in [1.165, 1.54) is 7.11 Å². The zero-order chi connectivity index (χ0) is 13.5. The Hall–Kier alpha value is -1.11. The third-order valence-corrected chi connectivity index (χ3v) is 3.61. The number of benzene rings is 1. The Balaban J connectivity index is 2.54. The third kappa shape index (κ3) is 5.03. The van der Waals surface area contributed by atoms with Crippen molar-refractivity contribution in [3.05, 3.63) is 23.2 Å². The number of rotatable bonds is 6. The number of ether oxygens (including phenoxy) is 1. The summed E-state index contributed by atoms with van der Waals surface area (Å²) >= 11 is 5.89. The highest BCUT2D eigenvalue weighted by molar-refractivity contribution is 7.85. The zero-order valence-corrected chi connectivity index (χ0v) is 11.5. The fourth-order valence-corrected chi connectivity index (χ4v) is 2.25. The molecular weight excluding hydrogens is 276 g/mol. The van der Waals surface area contributed by atoms with Crippen LogP contribution in [0.2, 0.25) is 5.02 Å². The summed E-state index contributed by atoms with van der Waals surface area (Å²) in [6.07, 6.45) is 0. The van der Waals surface area contributed by atoms with Gasteiger partial charge in [-0.15, -0.1) is 0 Å². The average Bonchev–Trinajstić information content (AvgIpc) is 2.31. The van der Waals surface area contributed by atoms with Crippen LogP contribution in [0.15, 0.2) is 18.2 Å². The molecule has 1 aromatic rings. The largest absolute Gasteiger partial charge is 0.399 e. The van der Waals surface area contributed by atoms with Crippen LogP contribution < -0.4 is 11.1 Å². The van der Waals surface area contributed by atoms with Gasteiger partial charge in [0, 0.05) is 29.3 Å². The lowest BCUT2D eigenvalue weighted by atomic mass is 10.3. The minimum atomic E-state index is -1.25. The molecule has 0 aliphatic heterocycles. The Labute approximate surface area is 113 Å². The van der Waals surface area contributed by atoms with Crippen LogP contribution in [0.1, 0.15) is 0 Å². The van der Waals surface area contributed by atoms with Crippen molar-refractivity contribution in [1.29, 1.82) is 0 Å². The van der Waals surface area contributed by atoms with Crippen LogP contribution in [0.3, 0.4) is 0 Å². The van der Waals surface area contributed by atoms with E-state index in [9.17, 15) is 9.00 Å². The van der Waals surface area contributed by atoms with E-state index in [-0.39, 0.29) is 11.7 Å². The minimum absolute atomic E-state index is 0.0888. The number of nitrogens with two attached hydrogens (primary N) is 1. The molecule has 1 unspecified atom stereocenters. The van der Waals surface area contributed by atoms with Gasteiger partial charge < -0.3 is 15.8 Å². The number of nitrogens with one attached hydrogen (secondary N) is 1. The topological polar surface area (TPSA) is 81.4 Å². The molecule has 0 saturated heterocycles. The van der Waals surface area contributed by atoms with Crippen molar-refractivity contribution in [2.45, 2.75) is 0 Å². The lowest BCUT2D eigenvalue weighted by Gasteiger charge is -2.08. The molecule has 0 bridgehead atoms. The van der Waals surface area contributed by atoms with Gasteiger partial charge in [-0.3, -0.25) is 9.00 Å². The van der Waals surface area contributed by atoms with Crippen LogP contribution >= 0.6 is 11.6 Å². The van der Waals surface area contributed by atoms with E-state index in [1.54, 1.807) is 18.2 Å². The fourth-order valence-electron chi connectivity index (χ4n) is 1.22. The number of amides is 1. The predicted molar refractivity (Wildman–Crippen MR) is 74.2 cm³/mol. The lowest BCUT2D eigenvalue weighted by molar-refractivity contribution is -0.113. The molecule has 0 aromatic heterocycles. The molecule has 0 heterocycles. The lowest BCUT2D eigenvalue weighted by Crippen LogP contribution is -2.22. The molecule has 7 heteroatoms. The Morgan fingerprint density at radius 2 is 2.28 bits per heavy atom. The Morgan fingerprint density at radius 3 is 2.94 bits per heavy atom. The van der Waals surface area contributed by atoms with Gasteiger partial charge in [0.2, 0.25) is 5.91 Å². The van der Waals surface area contributed by atoms with Gasteiger partial charge in [-0.2, -0.15) is 0 Å². The molecular formula is C11H15ClN2O3S. The summed E-state index contributed by atoms with van der Waals surface area (Å²) in [6.45, 7) is 0.360. The molecule has 1 aromatic carbocycles. The number of nitrogen functional groups attached to an aromatic ring is 1. The molecule has 0 saturated carbocycles. The summed E-state index contributed by atoms with van der Waals surface area (Å²) in [4.78, 5) is 11.6. The van der Waals surface area contributed by atoms with Gasteiger partial charge in [0.1, 0.15) is 5.75 Å². The summed E-state index contributed by atoms with van der Waals surface area (Å²) in [5.74, 6) is -0.125. The van der Waals surface area contributed by atoms with Crippen molar-refractivity contribution in [2.75, 3.05) is 36.3 Å². The van der Waals surface area contributed by atoms with E-state index >= 15 is 0 Å². The van der Waals surface area contributed by atoms with E-state index in [1.807, 2.05) is 0 Å². The zero-order valence-electron chi connectivity index (χ0n) is 9.94. The van der Waals surface area contributed by atoms with Gasteiger partial charge in [0.25, 0.3) is 0 Å². The Bertz CT molecular complexity index is 454. The van der Waals surface area contributed by atoms with Crippen LogP contribution in [0.25, 0.3) is 0 Å². The highest BCUT2D eigenvalue weighted by Crippen LogP contribution is 2.23. The molecule has 100 valence electrons. The normalized spacial score (nSPS) is 12.1. The second-order valence-electron chi connectivity index (χ2n) is 3.57.